The standard InChI is InChI=1S/C23H22F3N7.C22H26N6O.C21H24N6.C14H15N5O.C6H6.ClH.FH/c1-11-14(10-27-29-11)21-13-6-4-3-5-12(13)19-15(28-21)7-8-16-20(19)22(31-30-16)17-9-18(23(24,25)26)32-33(17)2;1-13-16(12-23-25-13)21-15-5-3-2-4-14(15)19-17(24-21)6-7-18-20(19)22(27-26-18)28-8-10-29-11-9-28;1-12-15(11-23-25-12)21-14-6-3-2-5-13(14)19-16(24-21)8-9-18-20(19)17(26-27-18)7-4-10-22;1-7-8(5-15-18-7)12-4-13(20)14-9-6-16-19-10(9)2-3-11(14)17-12;1-2-4-6-5-3-1;;/h7-10,21,28H,3-6H2,1-2H3,(H,27,29)(H,30,31);6-7,12,18,20,26H,2-5,8-11H2,1H3,(H,23,25);8-9,11,18,20-21,24,27H,2-3,5-6,10,22H2,1H3,(H,23,25);2-6,9-10,12,17,19-20H,1H3,(H,15,18);1-6H;2*1H. The predicted octanol–water partition coefficient (Wildman–Crippen LogP) is 13.3. The zero-order chi connectivity index (χ0) is 78.6. The second-order valence-electron chi connectivity index (χ2n) is 31.1. The zero-order valence-electron chi connectivity index (χ0n) is 65.6. The number of hydrogen-bond donors (Lipinski definition) is 13. The molecule has 0 amide bonds. The number of hydrazone groups is 3. The maximum Gasteiger partial charge on any atom is 0.435 e. The van der Waals surface area contributed by atoms with Gasteiger partial charge in [0.1, 0.15) is 23.0 Å². The number of anilines is 1. The van der Waals surface area contributed by atoms with E-state index in [9.17, 15) is 18.3 Å². The van der Waals surface area contributed by atoms with Crippen molar-refractivity contribution in [2.45, 2.75) is 153 Å². The van der Waals surface area contributed by atoms with Crippen molar-refractivity contribution in [3.05, 3.63) is 234 Å². The van der Waals surface area contributed by atoms with Crippen molar-refractivity contribution in [1.29, 1.82) is 0 Å². The molecular weight excluding hydrogens is 1510 g/mol. The van der Waals surface area contributed by atoms with Gasteiger partial charge in [0.15, 0.2) is 5.69 Å². The van der Waals surface area contributed by atoms with Crippen LogP contribution in [-0.2, 0) is 30.8 Å². The molecule has 0 saturated carbocycles. The number of nitrogens with one attached hydrogen (secondary N) is 11. The highest BCUT2D eigenvalue weighted by atomic mass is 35.5. The number of hydrogen-bond acceptors (Lipinski definition) is 20. The summed E-state index contributed by atoms with van der Waals surface area (Å²) in [7, 11) is 1.52. The largest absolute Gasteiger partial charge is 0.508 e. The molecule has 0 radical (unpaired) electrons. The highest BCUT2D eigenvalue weighted by molar-refractivity contribution is 6.07. The first-order chi connectivity index (χ1) is 56.1. The van der Waals surface area contributed by atoms with Gasteiger partial charge < -0.3 is 52.7 Å². The van der Waals surface area contributed by atoms with Crippen LogP contribution in [0.4, 0.5) is 23.6 Å². The van der Waals surface area contributed by atoms with Crippen LogP contribution in [0.15, 0.2) is 176 Å². The number of aromatic amines is 5. The van der Waals surface area contributed by atoms with Crippen LogP contribution >= 0.6 is 12.4 Å². The third-order valence-electron chi connectivity index (χ3n) is 24.3. The zero-order valence-corrected chi connectivity index (χ0v) is 66.4. The molecule has 14 heterocycles. The Morgan fingerprint density at radius 3 is 1.91 bits per heavy atom. The minimum Gasteiger partial charge on any atom is -0.508 e. The van der Waals surface area contributed by atoms with Gasteiger partial charge in [-0.25, -0.2) is 4.98 Å². The van der Waals surface area contributed by atoms with Crippen LogP contribution in [0.3, 0.4) is 0 Å². The van der Waals surface area contributed by atoms with Crippen LogP contribution in [0.1, 0.15) is 161 Å². The Morgan fingerprint density at radius 1 is 0.641 bits per heavy atom. The van der Waals surface area contributed by atoms with Crippen LogP contribution in [0.25, 0.3) is 45.2 Å². The number of nitrogens with zero attached hydrogens (tertiary/aromatic N) is 12. The summed E-state index contributed by atoms with van der Waals surface area (Å²) in [6, 6.07) is 17.7. The topological polar surface area (TPSA) is 342 Å². The number of aliphatic hydroxyl groups excluding tert-OH is 1. The molecule has 1 saturated heterocycles. The summed E-state index contributed by atoms with van der Waals surface area (Å²) >= 11 is 0. The normalized spacial score (nSPS) is 23.6. The number of morpholine rings is 1. The van der Waals surface area contributed by atoms with Crippen molar-refractivity contribution in [2.75, 3.05) is 38.2 Å². The molecule has 0 spiro atoms. The number of aliphatic hydroxyl groups is 1. The highest BCUT2D eigenvalue weighted by Crippen LogP contribution is 2.53. The lowest BCUT2D eigenvalue weighted by Gasteiger charge is -2.40. The number of pyridine rings is 1. The number of dihydropyridines is 2. The van der Waals surface area contributed by atoms with Gasteiger partial charge in [-0.1, -0.05) is 60.5 Å². The van der Waals surface area contributed by atoms with E-state index in [1.54, 1.807) is 6.20 Å². The Kier molecular flexibility index (Phi) is 22.4. The number of H-pyrrole nitrogens is 5. The van der Waals surface area contributed by atoms with Crippen molar-refractivity contribution >= 4 is 58.4 Å². The second kappa shape index (κ2) is 33.3. The Bertz CT molecular complexity index is 5650. The summed E-state index contributed by atoms with van der Waals surface area (Å²) in [5, 5.41) is 75.6. The number of allylic oxidation sites excluding steroid dienone is 5. The molecule has 14 N–H and O–H groups in total. The van der Waals surface area contributed by atoms with Crippen LogP contribution in [0, 0.1) is 51.4 Å². The number of nitrogens with two attached hydrogens (primary N) is 1. The Morgan fingerprint density at radius 2 is 1.25 bits per heavy atom. The molecule has 9 atom stereocenters. The smallest absolute Gasteiger partial charge is 0.435 e. The first-order valence-electron chi connectivity index (χ1n) is 40.0. The average Bonchev–Trinajstić information content (AvgIpc) is 1.70. The highest BCUT2D eigenvalue weighted by Gasteiger charge is 2.46. The van der Waals surface area contributed by atoms with Crippen LogP contribution < -0.4 is 38.0 Å². The number of benzene rings is 2. The van der Waals surface area contributed by atoms with Crippen LogP contribution in [-0.4, -0.2) is 144 Å². The fourth-order valence-electron chi connectivity index (χ4n) is 18.8. The number of alkyl halides is 3. The molecular formula is C86H95ClF4N24O2. The van der Waals surface area contributed by atoms with Gasteiger partial charge in [0.2, 0.25) is 0 Å². The van der Waals surface area contributed by atoms with Crippen molar-refractivity contribution in [3.8, 4) is 34.5 Å². The number of aromatic nitrogens is 13. The van der Waals surface area contributed by atoms with E-state index >= 15 is 0 Å². The molecule has 31 heteroatoms. The minimum absolute atomic E-state index is 0. The first kappa shape index (κ1) is 78.8. The van der Waals surface area contributed by atoms with E-state index in [-0.39, 0.29) is 71.1 Å². The van der Waals surface area contributed by atoms with E-state index in [0.29, 0.717) is 23.7 Å². The van der Waals surface area contributed by atoms with Crippen LogP contribution in [0.5, 0.6) is 0 Å². The quantitative estimate of drug-likeness (QED) is 0.0562. The van der Waals surface area contributed by atoms with E-state index < -0.39 is 11.9 Å². The summed E-state index contributed by atoms with van der Waals surface area (Å²) in [5.74, 6) is 8.16. The van der Waals surface area contributed by atoms with E-state index in [1.807, 2.05) is 99.3 Å². The summed E-state index contributed by atoms with van der Waals surface area (Å²) < 4.78 is 46.8. The molecule has 0 bridgehead atoms. The fourth-order valence-corrected chi connectivity index (χ4v) is 18.8. The summed E-state index contributed by atoms with van der Waals surface area (Å²) in [6.45, 7) is 11.9. The number of fused-ring (bicyclic) bond motifs is 14. The van der Waals surface area contributed by atoms with Gasteiger partial charge in [0.25, 0.3) is 0 Å². The lowest BCUT2D eigenvalue weighted by atomic mass is 9.71. The van der Waals surface area contributed by atoms with Crippen molar-refractivity contribution in [2.24, 2.45) is 39.9 Å². The second-order valence-corrected chi connectivity index (χ2v) is 31.1. The van der Waals surface area contributed by atoms with Gasteiger partial charge in [-0.3, -0.25) is 34.9 Å². The maximum absolute atomic E-state index is 13.3. The number of rotatable bonds is 5. The van der Waals surface area contributed by atoms with Crippen molar-refractivity contribution in [1.82, 2.24) is 97.6 Å². The minimum atomic E-state index is -4.52. The van der Waals surface area contributed by atoms with Crippen LogP contribution in [0.2, 0.25) is 0 Å². The molecule has 7 aromatic heterocycles. The van der Waals surface area contributed by atoms with Gasteiger partial charge >= 0.3 is 6.18 Å². The number of amidine groups is 1. The SMILES string of the molecule is Cc1[nH]ncc1-c1nc2c(c3c1CCCC3)C1C(N3CCOCC3)=NNC1C=C2.Cc1[nH]ncc1C1C=C(O)C2=C(C=CC3NN=CC23)N1.Cc1[nH]ncc1C1NC2=C(C3=C1CCCC3)C1C(C#CCN)=NNC1C=C2.Cc1[nH]ncc1C1Nc2ccc3[nH]nc(-c4cc(C(F)(F)F)nn4C)c3c2C2=C1CCCC2.Cl.F.c1ccccc1. The van der Waals surface area contributed by atoms with Gasteiger partial charge in [-0.2, -0.15) is 59.1 Å². The number of ether oxygens (including phenoxy) is 1. The lowest BCUT2D eigenvalue weighted by molar-refractivity contribution is -0.141. The third kappa shape index (κ3) is 14.8. The number of aryl methyl sites for hydroxylation is 5. The molecule has 26 nitrogen and oxygen atoms in total. The Labute approximate surface area is 679 Å². The molecule has 2 aromatic carbocycles. The van der Waals surface area contributed by atoms with E-state index in [2.05, 4.69) is 159 Å². The molecule has 6 aliphatic carbocycles. The lowest BCUT2D eigenvalue weighted by Crippen LogP contribution is -2.44. The molecule has 13 aliphatic rings. The number of halogens is 5. The van der Waals surface area contributed by atoms with Gasteiger partial charge in [0, 0.05) is 105 Å². The predicted molar refractivity (Wildman–Crippen MR) is 447 cm³/mol. The maximum atomic E-state index is 13.3. The first-order valence-corrected chi connectivity index (χ1v) is 40.0. The Hall–Kier alpha value is -12.1. The van der Waals surface area contributed by atoms with E-state index in [0.717, 1.165) is 180 Å². The molecule has 117 heavy (non-hydrogen) atoms. The molecule has 606 valence electrons. The Balaban J connectivity index is 0.000000114. The molecule has 7 aliphatic heterocycles. The fraction of sp³-hybridized carbons (Fsp3) is 0.372. The summed E-state index contributed by atoms with van der Waals surface area (Å²) in [5.41, 5.74) is 44.1. The molecule has 9 aromatic rings. The van der Waals surface area contributed by atoms with E-state index in [1.165, 1.54) is 93.2 Å². The monoisotopic (exact) mass is 1610 g/mol. The van der Waals surface area contributed by atoms with Gasteiger partial charge in [0.05, 0.1) is 121 Å². The molecule has 1 fully saturated rings. The molecule has 9 unspecified atom stereocenters. The van der Waals surface area contributed by atoms with Gasteiger partial charge in [-0.05, 0) is 198 Å². The summed E-state index contributed by atoms with van der Waals surface area (Å²) in [4.78, 5) is 7.59. The van der Waals surface area contributed by atoms with Crippen molar-refractivity contribution in [3.63, 3.8) is 0 Å². The van der Waals surface area contributed by atoms with Gasteiger partial charge in [-0.15, -0.1) is 12.4 Å². The van der Waals surface area contributed by atoms with Crippen molar-refractivity contribution < 1.29 is 27.7 Å². The summed E-state index contributed by atoms with van der Waals surface area (Å²) in [6.07, 6.45) is 33.1. The van der Waals surface area contributed by atoms with E-state index in [4.69, 9.17) is 20.6 Å². The third-order valence-corrected chi connectivity index (χ3v) is 24.3. The average molecular weight is 1610 g/mol. The molecule has 22 rings (SSSR count).